The number of nitrogen functional groups attached to an aromatic ring is 2. The Morgan fingerprint density at radius 2 is 1.83 bits per heavy atom. The van der Waals surface area contributed by atoms with Crippen molar-refractivity contribution in [2.24, 2.45) is 5.14 Å². The van der Waals surface area contributed by atoms with Crippen LogP contribution in [-0.2, 0) is 14.8 Å². The highest BCUT2D eigenvalue weighted by Gasteiger charge is 2.38. The van der Waals surface area contributed by atoms with E-state index in [2.05, 4.69) is 9.97 Å². The van der Waals surface area contributed by atoms with Crippen LogP contribution in [-0.4, -0.2) is 36.1 Å². The summed E-state index contributed by atoms with van der Waals surface area (Å²) in [5.74, 6) is -0.390. The number of carbonyl (C=O) groups excluding carboxylic acids is 1. The van der Waals surface area contributed by atoms with Crippen LogP contribution >= 0.6 is 0 Å². The van der Waals surface area contributed by atoms with Crippen molar-refractivity contribution in [2.75, 3.05) is 22.9 Å². The number of hydrogen-bond donors (Lipinski definition) is 3. The zero-order valence-electron chi connectivity index (χ0n) is 9.28. The molecule has 1 aromatic rings. The molecule has 98 valence electrons. The van der Waals surface area contributed by atoms with Crippen LogP contribution in [0.1, 0.15) is 6.42 Å². The predicted molar refractivity (Wildman–Crippen MR) is 64.7 cm³/mol. The molecule has 0 aliphatic carbocycles. The number of carbonyl (C=O) groups is 1. The maximum atomic E-state index is 11.8. The Morgan fingerprint density at radius 3 is 2.28 bits per heavy atom. The standard InChI is InChI=1S/C8H12N6O3S/c9-7-6(8(10)13-3-12-7)14-2-4(1-5(14)15)18(11,16)17/h3-4H,1-2H2,(H2,11,16,17)(H4,9,10,12,13). The van der Waals surface area contributed by atoms with Crippen LogP contribution < -0.4 is 21.5 Å². The van der Waals surface area contributed by atoms with Crippen molar-refractivity contribution in [1.82, 2.24) is 9.97 Å². The van der Waals surface area contributed by atoms with E-state index < -0.39 is 21.2 Å². The monoisotopic (exact) mass is 272 g/mol. The van der Waals surface area contributed by atoms with E-state index in [1.54, 1.807) is 0 Å². The molecule has 1 aliphatic heterocycles. The minimum atomic E-state index is -3.79. The molecule has 0 saturated carbocycles. The Morgan fingerprint density at radius 1 is 1.28 bits per heavy atom. The Labute approximate surface area is 103 Å². The van der Waals surface area contributed by atoms with Gasteiger partial charge in [-0.15, -0.1) is 0 Å². The first-order valence-electron chi connectivity index (χ1n) is 4.98. The van der Waals surface area contributed by atoms with Gasteiger partial charge in [0.2, 0.25) is 15.9 Å². The molecule has 0 aromatic carbocycles. The van der Waals surface area contributed by atoms with Gasteiger partial charge >= 0.3 is 0 Å². The van der Waals surface area contributed by atoms with Crippen molar-refractivity contribution in [3.05, 3.63) is 6.33 Å². The minimum absolute atomic E-state index is 0.0194. The summed E-state index contributed by atoms with van der Waals surface area (Å²) in [5.41, 5.74) is 11.4. The molecule has 0 radical (unpaired) electrons. The third kappa shape index (κ3) is 2.07. The molecule has 1 saturated heterocycles. The average Bonchev–Trinajstić information content (AvgIpc) is 2.60. The summed E-state index contributed by atoms with van der Waals surface area (Å²) in [5, 5.41) is 4.05. The van der Waals surface area contributed by atoms with Crippen LogP contribution in [0, 0.1) is 0 Å². The second kappa shape index (κ2) is 4.07. The number of sulfonamides is 1. The average molecular weight is 272 g/mol. The van der Waals surface area contributed by atoms with Crippen LogP contribution in [0.2, 0.25) is 0 Å². The van der Waals surface area contributed by atoms with Crippen LogP contribution in [0.15, 0.2) is 6.33 Å². The summed E-state index contributed by atoms with van der Waals surface area (Å²) in [4.78, 5) is 20.4. The van der Waals surface area contributed by atoms with Crippen molar-refractivity contribution in [3.8, 4) is 0 Å². The van der Waals surface area contributed by atoms with Gasteiger partial charge in [-0.2, -0.15) is 0 Å². The van der Waals surface area contributed by atoms with Gasteiger partial charge in [0.15, 0.2) is 11.6 Å². The minimum Gasteiger partial charge on any atom is -0.382 e. The van der Waals surface area contributed by atoms with Crippen molar-refractivity contribution in [3.63, 3.8) is 0 Å². The molecular formula is C8H12N6O3S. The van der Waals surface area contributed by atoms with Gasteiger partial charge in [0.05, 0.1) is 0 Å². The van der Waals surface area contributed by atoms with E-state index >= 15 is 0 Å². The van der Waals surface area contributed by atoms with Gasteiger partial charge in [0, 0.05) is 13.0 Å². The number of aromatic nitrogens is 2. The first-order valence-corrected chi connectivity index (χ1v) is 6.59. The molecule has 1 unspecified atom stereocenters. The number of amides is 1. The molecule has 10 heteroatoms. The maximum absolute atomic E-state index is 11.8. The van der Waals surface area contributed by atoms with E-state index in [4.69, 9.17) is 16.6 Å². The molecule has 6 N–H and O–H groups in total. The zero-order valence-corrected chi connectivity index (χ0v) is 10.1. The molecule has 2 heterocycles. The Kier molecular flexibility index (Phi) is 2.83. The van der Waals surface area contributed by atoms with E-state index in [-0.39, 0.29) is 30.3 Å². The lowest BCUT2D eigenvalue weighted by Gasteiger charge is -2.18. The molecule has 9 nitrogen and oxygen atoms in total. The van der Waals surface area contributed by atoms with E-state index in [1.165, 1.54) is 0 Å². The molecule has 18 heavy (non-hydrogen) atoms. The van der Waals surface area contributed by atoms with E-state index in [9.17, 15) is 13.2 Å². The van der Waals surface area contributed by atoms with Gasteiger partial charge in [0.25, 0.3) is 0 Å². The van der Waals surface area contributed by atoms with Gasteiger partial charge in [-0.3, -0.25) is 4.79 Å². The van der Waals surface area contributed by atoms with Gasteiger partial charge in [-0.05, 0) is 0 Å². The molecule has 1 amide bonds. The van der Waals surface area contributed by atoms with Crippen LogP contribution in [0.5, 0.6) is 0 Å². The molecule has 1 fully saturated rings. The summed E-state index contributed by atoms with van der Waals surface area (Å²) in [7, 11) is -3.79. The summed E-state index contributed by atoms with van der Waals surface area (Å²) in [6.45, 7) is -0.0978. The van der Waals surface area contributed by atoms with Crippen molar-refractivity contribution in [2.45, 2.75) is 11.7 Å². The van der Waals surface area contributed by atoms with E-state index in [1.807, 2.05) is 0 Å². The number of primary sulfonamides is 1. The highest BCUT2D eigenvalue weighted by atomic mass is 32.2. The fourth-order valence-electron chi connectivity index (χ4n) is 1.79. The Balaban J connectivity index is 2.39. The molecule has 2 rings (SSSR count). The van der Waals surface area contributed by atoms with E-state index in [0.29, 0.717) is 0 Å². The van der Waals surface area contributed by atoms with Crippen LogP contribution in [0.25, 0.3) is 0 Å². The van der Waals surface area contributed by atoms with Gasteiger partial charge in [0.1, 0.15) is 17.3 Å². The summed E-state index contributed by atoms with van der Waals surface area (Å²) >= 11 is 0. The molecular weight excluding hydrogens is 260 g/mol. The van der Waals surface area contributed by atoms with E-state index in [0.717, 1.165) is 11.2 Å². The fraction of sp³-hybridized carbons (Fsp3) is 0.375. The normalized spacial score (nSPS) is 20.4. The molecule has 1 aliphatic rings. The lowest BCUT2D eigenvalue weighted by Crippen LogP contribution is -2.33. The summed E-state index contributed by atoms with van der Waals surface area (Å²) in [6.07, 6.45) is 0.957. The molecule has 1 aromatic heterocycles. The van der Waals surface area contributed by atoms with Gasteiger partial charge < -0.3 is 16.4 Å². The lowest BCUT2D eigenvalue weighted by molar-refractivity contribution is -0.117. The Hall–Kier alpha value is -1.94. The number of anilines is 3. The fourth-order valence-corrected chi connectivity index (χ4v) is 2.53. The smallest absolute Gasteiger partial charge is 0.228 e. The first kappa shape index (κ1) is 12.5. The Bertz CT molecular complexity index is 581. The topological polar surface area (TPSA) is 158 Å². The number of nitrogens with two attached hydrogens (primary N) is 3. The largest absolute Gasteiger partial charge is 0.382 e. The number of rotatable bonds is 2. The molecule has 1 atom stereocenters. The molecule has 0 spiro atoms. The lowest BCUT2D eigenvalue weighted by atomic mass is 10.4. The van der Waals surface area contributed by atoms with Gasteiger partial charge in [-0.25, -0.2) is 23.5 Å². The van der Waals surface area contributed by atoms with Crippen LogP contribution in [0.4, 0.5) is 17.3 Å². The number of hydrogen-bond acceptors (Lipinski definition) is 7. The summed E-state index contributed by atoms with van der Waals surface area (Å²) < 4.78 is 22.5. The maximum Gasteiger partial charge on any atom is 0.228 e. The highest BCUT2D eigenvalue weighted by Crippen LogP contribution is 2.31. The van der Waals surface area contributed by atoms with Crippen molar-refractivity contribution < 1.29 is 13.2 Å². The predicted octanol–water partition coefficient (Wildman–Crippen LogP) is -1.97. The highest BCUT2D eigenvalue weighted by molar-refractivity contribution is 7.89. The second-order valence-corrected chi connectivity index (χ2v) is 5.76. The zero-order chi connectivity index (χ0) is 13.5. The first-order chi connectivity index (χ1) is 8.30. The molecule has 0 bridgehead atoms. The number of nitrogens with zero attached hydrogens (tertiary/aromatic N) is 3. The second-order valence-electron chi connectivity index (χ2n) is 3.91. The SMILES string of the molecule is Nc1ncnc(N)c1N1CC(S(N)(=O)=O)CC1=O. The quantitative estimate of drug-likeness (QED) is 0.563. The third-order valence-electron chi connectivity index (χ3n) is 2.70. The van der Waals surface area contributed by atoms with Gasteiger partial charge in [-0.1, -0.05) is 0 Å². The third-order valence-corrected chi connectivity index (χ3v) is 3.95. The van der Waals surface area contributed by atoms with Crippen molar-refractivity contribution in [1.29, 1.82) is 0 Å². The van der Waals surface area contributed by atoms with Crippen LogP contribution in [0.3, 0.4) is 0 Å². The summed E-state index contributed by atoms with van der Waals surface area (Å²) in [6, 6.07) is 0. The van der Waals surface area contributed by atoms with Crippen molar-refractivity contribution >= 4 is 33.3 Å².